The number of hydrogen-bond donors (Lipinski definition) is 1. The van der Waals surface area contributed by atoms with Crippen molar-refractivity contribution in [2.45, 2.75) is 20.0 Å². The van der Waals surface area contributed by atoms with E-state index in [1.165, 1.54) is 0 Å². The van der Waals surface area contributed by atoms with Crippen molar-refractivity contribution in [2.24, 2.45) is 0 Å². The van der Waals surface area contributed by atoms with Gasteiger partial charge in [-0.25, -0.2) is 4.79 Å². The fraction of sp³-hybridized carbons (Fsp3) is 0.278. The van der Waals surface area contributed by atoms with Crippen molar-refractivity contribution in [3.63, 3.8) is 0 Å². The Kier molecular flexibility index (Phi) is 5.83. The molecule has 22 heavy (non-hydrogen) atoms. The van der Waals surface area contributed by atoms with Crippen molar-refractivity contribution in [1.29, 1.82) is 0 Å². The Morgan fingerprint density at radius 1 is 1.05 bits per heavy atom. The predicted molar refractivity (Wildman–Crippen MR) is 87.8 cm³/mol. The number of nitrogens with zero attached hydrogens (tertiary/aromatic N) is 1. The minimum atomic E-state index is -0.0535. The smallest absolute Gasteiger partial charge is 0.317 e. The molecule has 4 heteroatoms. The maximum absolute atomic E-state index is 12.3. The molecule has 0 bridgehead atoms. The predicted octanol–water partition coefficient (Wildman–Crippen LogP) is 3.43. The topological polar surface area (TPSA) is 41.6 Å². The van der Waals surface area contributed by atoms with Gasteiger partial charge in [-0.1, -0.05) is 42.5 Å². The Morgan fingerprint density at radius 3 is 2.32 bits per heavy atom. The van der Waals surface area contributed by atoms with E-state index in [-0.39, 0.29) is 6.03 Å². The summed E-state index contributed by atoms with van der Waals surface area (Å²) in [6, 6.07) is 17.6. The molecule has 0 aliphatic rings. The Morgan fingerprint density at radius 2 is 1.73 bits per heavy atom. The van der Waals surface area contributed by atoms with E-state index < -0.39 is 0 Å². The third-order valence-corrected chi connectivity index (χ3v) is 3.49. The molecule has 0 saturated heterocycles. The van der Waals surface area contributed by atoms with Crippen LogP contribution in [0.2, 0.25) is 0 Å². The van der Waals surface area contributed by atoms with E-state index in [1.807, 2.05) is 61.5 Å². The summed E-state index contributed by atoms with van der Waals surface area (Å²) in [6.45, 7) is 3.78. The van der Waals surface area contributed by atoms with Crippen LogP contribution in [0.15, 0.2) is 54.6 Å². The monoisotopic (exact) mass is 298 g/mol. The maximum Gasteiger partial charge on any atom is 0.317 e. The lowest BCUT2D eigenvalue weighted by molar-refractivity contribution is 0.197. The summed E-state index contributed by atoms with van der Waals surface area (Å²) in [7, 11) is 1.64. The average Bonchev–Trinajstić information content (AvgIpc) is 2.59. The van der Waals surface area contributed by atoms with Crippen LogP contribution in [0.3, 0.4) is 0 Å². The van der Waals surface area contributed by atoms with Crippen LogP contribution in [0, 0.1) is 0 Å². The van der Waals surface area contributed by atoms with Gasteiger partial charge in [-0.3, -0.25) is 0 Å². The second-order valence-electron chi connectivity index (χ2n) is 5.01. The van der Waals surface area contributed by atoms with E-state index in [9.17, 15) is 4.79 Å². The lowest BCUT2D eigenvalue weighted by Gasteiger charge is -2.21. The highest BCUT2D eigenvalue weighted by Gasteiger charge is 2.11. The molecule has 4 nitrogen and oxygen atoms in total. The van der Waals surface area contributed by atoms with Gasteiger partial charge in [0, 0.05) is 19.6 Å². The van der Waals surface area contributed by atoms with E-state index in [0.29, 0.717) is 19.6 Å². The largest absolute Gasteiger partial charge is 0.497 e. The number of benzene rings is 2. The van der Waals surface area contributed by atoms with Crippen molar-refractivity contribution in [2.75, 3.05) is 13.7 Å². The fourth-order valence-corrected chi connectivity index (χ4v) is 2.16. The molecule has 0 aliphatic heterocycles. The van der Waals surface area contributed by atoms with E-state index >= 15 is 0 Å². The number of methoxy groups -OCH3 is 1. The molecule has 2 aromatic rings. The number of carbonyl (C=O) groups excluding carboxylic acids is 1. The maximum atomic E-state index is 12.3. The summed E-state index contributed by atoms with van der Waals surface area (Å²) in [4.78, 5) is 14.1. The van der Waals surface area contributed by atoms with Crippen LogP contribution >= 0.6 is 0 Å². The molecule has 0 atom stereocenters. The van der Waals surface area contributed by atoms with Gasteiger partial charge in [0.25, 0.3) is 0 Å². The summed E-state index contributed by atoms with van der Waals surface area (Å²) in [5.41, 5.74) is 2.17. The number of amides is 2. The van der Waals surface area contributed by atoms with Gasteiger partial charge in [-0.05, 0) is 30.2 Å². The summed E-state index contributed by atoms with van der Waals surface area (Å²) in [5.74, 6) is 0.814. The lowest BCUT2D eigenvalue weighted by atomic mass is 10.2. The highest BCUT2D eigenvalue weighted by molar-refractivity contribution is 5.74. The number of hydrogen-bond acceptors (Lipinski definition) is 2. The Balaban J connectivity index is 1.88. The molecule has 0 spiro atoms. The van der Waals surface area contributed by atoms with Crippen molar-refractivity contribution < 1.29 is 9.53 Å². The zero-order valence-electron chi connectivity index (χ0n) is 13.1. The molecule has 0 saturated carbocycles. The quantitative estimate of drug-likeness (QED) is 0.887. The molecule has 0 heterocycles. The van der Waals surface area contributed by atoms with Gasteiger partial charge < -0.3 is 15.0 Å². The molecule has 2 amide bonds. The van der Waals surface area contributed by atoms with Gasteiger partial charge >= 0.3 is 6.03 Å². The van der Waals surface area contributed by atoms with Gasteiger partial charge in [0.05, 0.1) is 7.11 Å². The number of urea groups is 1. The van der Waals surface area contributed by atoms with E-state index in [1.54, 1.807) is 12.0 Å². The Labute approximate surface area is 131 Å². The first-order valence-corrected chi connectivity index (χ1v) is 7.42. The van der Waals surface area contributed by atoms with Gasteiger partial charge in [-0.2, -0.15) is 0 Å². The molecule has 1 N–H and O–H groups in total. The zero-order valence-corrected chi connectivity index (χ0v) is 13.1. The minimum Gasteiger partial charge on any atom is -0.497 e. The van der Waals surface area contributed by atoms with Crippen LogP contribution in [0.1, 0.15) is 18.1 Å². The summed E-state index contributed by atoms with van der Waals surface area (Å²) in [5, 5.41) is 2.95. The number of ether oxygens (including phenoxy) is 1. The van der Waals surface area contributed by atoms with Crippen LogP contribution in [0.4, 0.5) is 4.79 Å². The van der Waals surface area contributed by atoms with Crippen molar-refractivity contribution in [3.8, 4) is 5.75 Å². The van der Waals surface area contributed by atoms with Crippen LogP contribution < -0.4 is 10.1 Å². The van der Waals surface area contributed by atoms with Crippen molar-refractivity contribution in [1.82, 2.24) is 10.2 Å². The second-order valence-corrected chi connectivity index (χ2v) is 5.01. The molecule has 0 aromatic heterocycles. The SMILES string of the molecule is CCN(Cc1ccccc1)C(=O)NCc1ccc(OC)cc1. The first-order chi connectivity index (χ1) is 10.7. The van der Waals surface area contributed by atoms with Gasteiger partial charge in [-0.15, -0.1) is 0 Å². The third-order valence-electron chi connectivity index (χ3n) is 3.49. The number of carbonyl (C=O) groups is 1. The molecule has 2 aromatic carbocycles. The minimum absolute atomic E-state index is 0.0535. The standard InChI is InChI=1S/C18H22N2O2/c1-3-20(14-16-7-5-4-6-8-16)18(21)19-13-15-9-11-17(22-2)12-10-15/h4-12H,3,13-14H2,1-2H3,(H,19,21). The molecular weight excluding hydrogens is 276 g/mol. The first-order valence-electron chi connectivity index (χ1n) is 7.42. The van der Waals surface area contributed by atoms with Crippen LogP contribution in [-0.2, 0) is 13.1 Å². The summed E-state index contributed by atoms with van der Waals surface area (Å²) < 4.78 is 5.12. The molecule has 0 fully saturated rings. The molecule has 2 rings (SSSR count). The summed E-state index contributed by atoms with van der Waals surface area (Å²) in [6.07, 6.45) is 0. The second kappa shape index (κ2) is 8.08. The number of nitrogens with one attached hydrogen (secondary N) is 1. The average molecular weight is 298 g/mol. The lowest BCUT2D eigenvalue weighted by Crippen LogP contribution is -2.39. The van der Waals surface area contributed by atoms with E-state index in [2.05, 4.69) is 5.32 Å². The zero-order chi connectivity index (χ0) is 15.8. The molecule has 116 valence electrons. The van der Waals surface area contributed by atoms with Crippen LogP contribution in [-0.4, -0.2) is 24.6 Å². The van der Waals surface area contributed by atoms with Crippen molar-refractivity contribution >= 4 is 6.03 Å². The van der Waals surface area contributed by atoms with Gasteiger partial charge in [0.2, 0.25) is 0 Å². The molecular formula is C18H22N2O2. The molecule has 0 aliphatic carbocycles. The highest BCUT2D eigenvalue weighted by atomic mass is 16.5. The number of rotatable bonds is 6. The van der Waals surface area contributed by atoms with Gasteiger partial charge in [0.1, 0.15) is 5.75 Å². The van der Waals surface area contributed by atoms with Crippen LogP contribution in [0.5, 0.6) is 5.75 Å². The van der Waals surface area contributed by atoms with Crippen molar-refractivity contribution in [3.05, 3.63) is 65.7 Å². The highest BCUT2D eigenvalue weighted by Crippen LogP contribution is 2.11. The van der Waals surface area contributed by atoms with E-state index in [4.69, 9.17) is 4.74 Å². The van der Waals surface area contributed by atoms with Gasteiger partial charge in [0.15, 0.2) is 0 Å². The Bertz CT molecular complexity index is 582. The van der Waals surface area contributed by atoms with Crippen LogP contribution in [0.25, 0.3) is 0 Å². The van der Waals surface area contributed by atoms with E-state index in [0.717, 1.165) is 16.9 Å². The Hall–Kier alpha value is -2.49. The third kappa shape index (κ3) is 4.52. The fourth-order valence-electron chi connectivity index (χ4n) is 2.16. The normalized spacial score (nSPS) is 10.1. The molecule has 0 unspecified atom stereocenters. The molecule has 0 radical (unpaired) electrons. The first kappa shape index (κ1) is 15.9. The summed E-state index contributed by atoms with van der Waals surface area (Å²) >= 11 is 0.